The molecule has 2 aromatic heterocycles. The van der Waals surface area contributed by atoms with Crippen LogP contribution in [0.5, 0.6) is 0 Å². The largest absolute Gasteiger partial charge is 0.335 e. The number of aromatic nitrogens is 3. The first kappa shape index (κ1) is 22.5. The molecule has 0 bridgehead atoms. The van der Waals surface area contributed by atoms with E-state index in [1.54, 1.807) is 34.3 Å². The highest BCUT2D eigenvalue weighted by molar-refractivity contribution is 5.97. The lowest BCUT2D eigenvalue weighted by molar-refractivity contribution is -0.139. The maximum absolute atomic E-state index is 13.3. The average Bonchev–Trinajstić information content (AvgIpc) is 3.33. The molecule has 0 saturated carbocycles. The number of H-pyrrole nitrogens is 1. The lowest BCUT2D eigenvalue weighted by Crippen LogP contribution is -2.59. The topological polar surface area (TPSA) is 82.2 Å². The molecule has 7 nitrogen and oxygen atoms in total. The Hall–Kier alpha value is -3.74. The number of amides is 2. The van der Waals surface area contributed by atoms with Gasteiger partial charge in [0.2, 0.25) is 5.91 Å². The van der Waals surface area contributed by atoms with Crippen LogP contribution in [0.1, 0.15) is 41.5 Å². The third kappa shape index (κ3) is 4.87. The molecule has 7 heteroatoms. The summed E-state index contributed by atoms with van der Waals surface area (Å²) in [7, 11) is 0. The Labute approximate surface area is 194 Å². The summed E-state index contributed by atoms with van der Waals surface area (Å²) in [6.45, 7) is 9.26. The first-order valence-electron chi connectivity index (χ1n) is 11.2. The van der Waals surface area contributed by atoms with Gasteiger partial charge in [-0.3, -0.25) is 19.7 Å². The number of pyridine rings is 1. The minimum absolute atomic E-state index is 0.0627. The first-order chi connectivity index (χ1) is 16.0. The third-order valence-corrected chi connectivity index (χ3v) is 6.03. The second kappa shape index (κ2) is 9.81. The van der Waals surface area contributed by atoms with Crippen LogP contribution in [0.2, 0.25) is 0 Å². The number of hydrogen-bond acceptors (Lipinski definition) is 4. The van der Waals surface area contributed by atoms with Crippen LogP contribution in [0.3, 0.4) is 0 Å². The van der Waals surface area contributed by atoms with Crippen molar-refractivity contribution in [3.63, 3.8) is 0 Å². The van der Waals surface area contributed by atoms with Gasteiger partial charge in [0, 0.05) is 44.1 Å². The zero-order valence-corrected chi connectivity index (χ0v) is 19.1. The van der Waals surface area contributed by atoms with Crippen LogP contribution in [0.15, 0.2) is 67.5 Å². The molecule has 0 spiro atoms. The van der Waals surface area contributed by atoms with E-state index in [1.165, 1.54) is 0 Å². The summed E-state index contributed by atoms with van der Waals surface area (Å²) in [6, 6.07) is 13.2. The van der Waals surface area contributed by atoms with E-state index in [9.17, 15) is 9.59 Å². The van der Waals surface area contributed by atoms with Crippen molar-refractivity contribution in [1.29, 1.82) is 0 Å². The lowest BCUT2D eigenvalue weighted by Gasteiger charge is -2.40. The molecular weight excluding hydrogens is 414 g/mol. The van der Waals surface area contributed by atoms with Crippen LogP contribution in [0, 0.1) is 0 Å². The van der Waals surface area contributed by atoms with E-state index in [4.69, 9.17) is 0 Å². The molecule has 170 valence electrons. The van der Waals surface area contributed by atoms with Gasteiger partial charge in [0.15, 0.2) is 0 Å². The van der Waals surface area contributed by atoms with Crippen LogP contribution in [-0.2, 0) is 11.2 Å². The summed E-state index contributed by atoms with van der Waals surface area (Å²) in [6.07, 6.45) is 5.69. The van der Waals surface area contributed by atoms with Crippen molar-refractivity contribution >= 4 is 11.8 Å². The molecule has 1 atom stereocenters. The number of rotatable bonds is 7. The predicted molar refractivity (Wildman–Crippen MR) is 128 cm³/mol. The molecule has 4 rings (SSSR count). The fourth-order valence-corrected chi connectivity index (χ4v) is 4.11. The number of piperazine rings is 1. The Balaban J connectivity index is 1.58. The van der Waals surface area contributed by atoms with Crippen molar-refractivity contribution in [2.45, 2.75) is 32.2 Å². The summed E-state index contributed by atoms with van der Waals surface area (Å²) in [5.41, 5.74) is 4.41. The number of nitrogens with one attached hydrogen (secondary N) is 1. The lowest BCUT2D eigenvalue weighted by atomic mass is 9.98. The van der Waals surface area contributed by atoms with Gasteiger partial charge >= 0.3 is 0 Å². The standard InChI is InChI=1S/C26H29N5O2/c1-4-13-30-14-15-31(25(32)23-17-22(18(2)3)28-29-23)24(26(30)33)16-19-5-7-20(8-6-19)21-9-11-27-12-10-21/h4-12,17-18,24H,1,13-16H2,2-3H3,(H,28,29)/t24-/m1/s1. The Morgan fingerprint density at radius 1 is 1.15 bits per heavy atom. The first-order valence-corrected chi connectivity index (χ1v) is 11.2. The van der Waals surface area contributed by atoms with E-state index in [2.05, 4.69) is 21.8 Å². The van der Waals surface area contributed by atoms with Gasteiger partial charge in [-0.25, -0.2) is 0 Å². The Kier molecular flexibility index (Phi) is 6.68. The van der Waals surface area contributed by atoms with Crippen LogP contribution in [-0.4, -0.2) is 62.5 Å². The van der Waals surface area contributed by atoms with Gasteiger partial charge in [-0.2, -0.15) is 5.10 Å². The molecule has 0 radical (unpaired) electrons. The highest BCUT2D eigenvalue weighted by Crippen LogP contribution is 2.23. The van der Waals surface area contributed by atoms with Crippen molar-refractivity contribution < 1.29 is 9.59 Å². The van der Waals surface area contributed by atoms with Gasteiger partial charge in [0.1, 0.15) is 11.7 Å². The molecule has 1 aliphatic rings. The van der Waals surface area contributed by atoms with Gasteiger partial charge in [0.05, 0.1) is 0 Å². The fraction of sp³-hybridized carbons (Fsp3) is 0.308. The minimum atomic E-state index is -0.586. The molecule has 1 fully saturated rings. The second-order valence-corrected chi connectivity index (χ2v) is 8.59. The van der Waals surface area contributed by atoms with Crippen molar-refractivity contribution in [2.24, 2.45) is 0 Å². The maximum atomic E-state index is 13.3. The van der Waals surface area contributed by atoms with Gasteiger partial charge in [-0.15, -0.1) is 6.58 Å². The molecule has 2 amide bonds. The van der Waals surface area contributed by atoms with Crippen molar-refractivity contribution in [2.75, 3.05) is 19.6 Å². The van der Waals surface area contributed by atoms with E-state index >= 15 is 0 Å². The Morgan fingerprint density at radius 2 is 1.85 bits per heavy atom. The van der Waals surface area contributed by atoms with Gasteiger partial charge < -0.3 is 9.80 Å². The quantitative estimate of drug-likeness (QED) is 0.565. The molecule has 3 aromatic rings. The molecule has 33 heavy (non-hydrogen) atoms. The van der Waals surface area contributed by atoms with Crippen LogP contribution >= 0.6 is 0 Å². The van der Waals surface area contributed by atoms with E-state index in [0.29, 0.717) is 31.7 Å². The van der Waals surface area contributed by atoms with E-state index in [1.807, 2.05) is 50.2 Å². The van der Waals surface area contributed by atoms with E-state index < -0.39 is 6.04 Å². The van der Waals surface area contributed by atoms with Gasteiger partial charge in [-0.05, 0) is 40.8 Å². The highest BCUT2D eigenvalue weighted by Gasteiger charge is 2.38. The average molecular weight is 444 g/mol. The molecule has 1 aliphatic heterocycles. The number of nitrogens with zero attached hydrogens (tertiary/aromatic N) is 4. The van der Waals surface area contributed by atoms with Crippen LogP contribution in [0.25, 0.3) is 11.1 Å². The number of carbonyl (C=O) groups is 2. The monoisotopic (exact) mass is 443 g/mol. The molecule has 1 N–H and O–H groups in total. The number of hydrogen-bond donors (Lipinski definition) is 1. The molecule has 1 saturated heterocycles. The Bertz CT molecular complexity index is 1120. The summed E-state index contributed by atoms with van der Waals surface area (Å²) >= 11 is 0. The van der Waals surface area contributed by atoms with Crippen LogP contribution in [0.4, 0.5) is 0 Å². The zero-order chi connectivity index (χ0) is 23.4. The molecule has 1 aromatic carbocycles. The summed E-state index contributed by atoms with van der Waals surface area (Å²) in [5.74, 6) is -0.0460. The third-order valence-electron chi connectivity index (χ3n) is 6.03. The Morgan fingerprint density at radius 3 is 2.48 bits per heavy atom. The SMILES string of the molecule is C=CCN1CCN(C(=O)c2cc(C(C)C)[nH]n2)[C@H](Cc2ccc(-c3ccncc3)cc2)C1=O. The fourth-order valence-electron chi connectivity index (χ4n) is 4.11. The summed E-state index contributed by atoms with van der Waals surface area (Å²) in [5, 5.41) is 7.16. The number of carbonyl (C=O) groups excluding carboxylic acids is 2. The van der Waals surface area contributed by atoms with Gasteiger partial charge in [-0.1, -0.05) is 44.2 Å². The summed E-state index contributed by atoms with van der Waals surface area (Å²) in [4.78, 5) is 34.1. The van der Waals surface area contributed by atoms with E-state index in [-0.39, 0.29) is 17.7 Å². The second-order valence-electron chi connectivity index (χ2n) is 8.59. The predicted octanol–water partition coefficient (Wildman–Crippen LogP) is 3.68. The van der Waals surface area contributed by atoms with Crippen molar-refractivity contribution in [1.82, 2.24) is 25.0 Å². The van der Waals surface area contributed by atoms with E-state index in [0.717, 1.165) is 22.4 Å². The zero-order valence-electron chi connectivity index (χ0n) is 19.1. The molecular formula is C26H29N5O2. The maximum Gasteiger partial charge on any atom is 0.275 e. The molecule has 0 aliphatic carbocycles. The smallest absolute Gasteiger partial charge is 0.275 e. The van der Waals surface area contributed by atoms with Crippen LogP contribution < -0.4 is 0 Å². The minimum Gasteiger partial charge on any atom is -0.335 e. The van der Waals surface area contributed by atoms with Crippen molar-refractivity contribution in [3.8, 4) is 11.1 Å². The number of benzene rings is 1. The van der Waals surface area contributed by atoms with Gasteiger partial charge in [0.25, 0.3) is 5.91 Å². The summed E-state index contributed by atoms with van der Waals surface area (Å²) < 4.78 is 0. The number of aromatic amines is 1. The molecule has 0 unspecified atom stereocenters. The van der Waals surface area contributed by atoms with Crippen molar-refractivity contribution in [3.05, 3.63) is 84.5 Å². The normalized spacial score (nSPS) is 16.3. The molecule has 3 heterocycles. The highest BCUT2D eigenvalue weighted by atomic mass is 16.2.